The van der Waals surface area contributed by atoms with E-state index < -0.39 is 12.0 Å². The van der Waals surface area contributed by atoms with Crippen LogP contribution in [0.1, 0.15) is 115 Å². The van der Waals surface area contributed by atoms with Crippen LogP contribution < -0.4 is 0 Å². The molecule has 3 atom stereocenters. The summed E-state index contributed by atoms with van der Waals surface area (Å²) in [7, 11) is 0. The Bertz CT molecular complexity index is 2120. The number of carbonyl (C=O) groups is 1. The third-order valence-corrected chi connectivity index (χ3v) is 13.7. The Hall–Kier alpha value is -4.40. The van der Waals surface area contributed by atoms with Crippen molar-refractivity contribution in [3.8, 4) is 6.07 Å². The molecule has 1 N–H and O–H groups in total. The second-order valence-corrected chi connectivity index (χ2v) is 17.0. The minimum Gasteiger partial charge on any atom is -0.480 e. The number of thiophene rings is 3. The van der Waals surface area contributed by atoms with Crippen LogP contribution in [0.15, 0.2) is 125 Å². The van der Waals surface area contributed by atoms with Gasteiger partial charge in [-0.05, 0) is 93.9 Å². The van der Waals surface area contributed by atoms with Crippen molar-refractivity contribution in [3.05, 3.63) is 173 Å². The molecule has 3 aliphatic rings. The summed E-state index contributed by atoms with van der Waals surface area (Å²) in [5, 5.41) is 25.4. The van der Waals surface area contributed by atoms with Gasteiger partial charge >= 0.3 is 5.97 Å². The number of benzene rings is 3. The highest BCUT2D eigenvalue weighted by Crippen LogP contribution is 2.33. The molecule has 0 saturated heterocycles. The van der Waals surface area contributed by atoms with Crippen LogP contribution in [0.5, 0.6) is 0 Å². The van der Waals surface area contributed by atoms with Gasteiger partial charge in [0.1, 0.15) is 12.1 Å². The molecule has 9 heteroatoms. The zero-order chi connectivity index (χ0) is 43.3. The summed E-state index contributed by atoms with van der Waals surface area (Å²) in [6.07, 6.45) is 3.23. The Morgan fingerprint density at radius 1 is 0.550 bits per heavy atom. The van der Waals surface area contributed by atoms with E-state index in [-0.39, 0.29) is 6.04 Å². The molecule has 0 fully saturated rings. The first-order valence-electron chi connectivity index (χ1n) is 21.6. The van der Waals surface area contributed by atoms with Crippen LogP contribution in [0.4, 0.5) is 0 Å². The van der Waals surface area contributed by atoms with Crippen molar-refractivity contribution in [2.75, 3.05) is 19.6 Å². The molecule has 6 aromatic rings. The highest BCUT2D eigenvalue weighted by Gasteiger charge is 2.30. The number of hydrogen-bond donors (Lipinski definition) is 1. The zero-order valence-corrected chi connectivity index (χ0v) is 39.0. The first-order chi connectivity index (χ1) is 29.5. The van der Waals surface area contributed by atoms with E-state index in [0.29, 0.717) is 6.04 Å². The van der Waals surface area contributed by atoms with Crippen molar-refractivity contribution in [1.82, 2.24) is 14.7 Å². The minimum atomic E-state index is -0.773. The van der Waals surface area contributed by atoms with E-state index in [0.717, 1.165) is 56.7 Å². The van der Waals surface area contributed by atoms with Gasteiger partial charge in [0, 0.05) is 59.9 Å². The number of carboxylic acid groups (broad SMARTS) is 1. The number of hydrogen-bond acceptors (Lipinski definition) is 8. The minimum absolute atomic E-state index is 0.126. The van der Waals surface area contributed by atoms with Crippen LogP contribution in [0.2, 0.25) is 0 Å². The summed E-state index contributed by atoms with van der Waals surface area (Å²) < 4.78 is 0. The van der Waals surface area contributed by atoms with Gasteiger partial charge in [-0.15, -0.1) is 34.0 Å². The Balaban J connectivity index is 0.000000187. The summed E-state index contributed by atoms with van der Waals surface area (Å²) in [6.45, 7) is 20.0. The molecule has 3 aliphatic heterocycles. The van der Waals surface area contributed by atoms with Crippen LogP contribution >= 0.6 is 34.0 Å². The van der Waals surface area contributed by atoms with Crippen LogP contribution in [-0.2, 0) is 43.7 Å². The van der Waals surface area contributed by atoms with Gasteiger partial charge in [-0.2, -0.15) is 5.26 Å². The van der Waals surface area contributed by atoms with Gasteiger partial charge in [-0.3, -0.25) is 19.5 Å². The molecule has 0 bridgehead atoms. The van der Waals surface area contributed by atoms with E-state index in [1.807, 2.05) is 130 Å². The molecular weight excluding hydrogens is 797 g/mol. The lowest BCUT2D eigenvalue weighted by atomic mass is 10.0. The van der Waals surface area contributed by atoms with E-state index in [2.05, 4.69) is 87.5 Å². The molecular formula is C51H64N4O2S3. The van der Waals surface area contributed by atoms with Crippen molar-refractivity contribution in [1.29, 1.82) is 5.26 Å². The maximum Gasteiger partial charge on any atom is 0.325 e. The van der Waals surface area contributed by atoms with Crippen molar-refractivity contribution in [3.63, 3.8) is 0 Å². The summed E-state index contributed by atoms with van der Waals surface area (Å²) in [4.78, 5) is 23.0. The van der Waals surface area contributed by atoms with Gasteiger partial charge in [0.2, 0.25) is 0 Å². The van der Waals surface area contributed by atoms with Crippen molar-refractivity contribution < 1.29 is 9.90 Å². The second-order valence-electron chi connectivity index (χ2n) is 13.9. The predicted molar refractivity (Wildman–Crippen MR) is 256 cm³/mol. The van der Waals surface area contributed by atoms with E-state index in [1.165, 1.54) is 45.0 Å². The van der Waals surface area contributed by atoms with E-state index in [9.17, 15) is 15.2 Å². The molecule has 9 rings (SSSR count). The number of rotatable bonds is 7. The Kier molecular flexibility index (Phi) is 21.0. The normalized spacial score (nSPS) is 15.7. The summed E-state index contributed by atoms with van der Waals surface area (Å²) in [5.41, 5.74) is 7.57. The Morgan fingerprint density at radius 3 is 1.35 bits per heavy atom. The van der Waals surface area contributed by atoms with Gasteiger partial charge in [-0.25, -0.2) is 0 Å². The highest BCUT2D eigenvalue weighted by atomic mass is 32.1. The second kappa shape index (κ2) is 26.0. The number of nitriles is 1. The quantitative estimate of drug-likeness (QED) is 0.172. The Morgan fingerprint density at radius 2 is 0.917 bits per heavy atom. The van der Waals surface area contributed by atoms with Crippen molar-refractivity contribution >= 4 is 40.0 Å². The summed E-state index contributed by atoms with van der Waals surface area (Å²) in [6, 6.07) is 39.2. The standard InChI is InChI=1S/C15H14N2S.C15H15NO2S.C15H17NS.3C2H6/c16-10-14(12-4-2-1-3-5-12)17-8-6-15-13(11-17)7-9-18-15;17-15(18)14(11-4-2-1-3-5-11)16-8-6-13-12(10-16)7-9-19-13;1-12(13-5-3-2-4-6-13)16-9-7-15-14(11-16)8-10-17-15;3*1-2/h1-5,7,9,14H,6,8,11H2;1-5,7,9,14H,6,8,10H2,(H,17,18);2-6,8,10,12H,7,9,11H2,1H3;3*1-2H3. The van der Waals surface area contributed by atoms with Gasteiger partial charge < -0.3 is 5.11 Å². The fourth-order valence-electron chi connectivity index (χ4n) is 7.67. The summed E-state index contributed by atoms with van der Waals surface area (Å²) in [5.74, 6) is -0.773. The molecule has 3 aromatic heterocycles. The molecule has 60 heavy (non-hydrogen) atoms. The third-order valence-electron chi connectivity index (χ3n) is 10.7. The monoisotopic (exact) mass is 860 g/mol. The number of fused-ring (bicyclic) bond motifs is 3. The van der Waals surface area contributed by atoms with Crippen LogP contribution in [0.3, 0.4) is 0 Å². The Labute approximate surface area is 372 Å². The molecule has 6 nitrogen and oxygen atoms in total. The molecule has 3 aromatic carbocycles. The molecule has 0 saturated carbocycles. The molecule has 0 radical (unpaired) electrons. The van der Waals surface area contributed by atoms with Gasteiger partial charge in [0.25, 0.3) is 0 Å². The molecule has 0 spiro atoms. The fraction of sp³-hybridized carbons (Fsp3) is 0.373. The average Bonchev–Trinajstić information content (AvgIpc) is 4.11. The average molecular weight is 861 g/mol. The van der Waals surface area contributed by atoms with Gasteiger partial charge in [0.15, 0.2) is 0 Å². The number of nitrogens with zero attached hydrogens (tertiary/aromatic N) is 4. The van der Waals surface area contributed by atoms with Gasteiger partial charge in [-0.1, -0.05) is 133 Å². The SMILES string of the molecule is CC.CC.CC.CC(c1ccccc1)N1CCc2sccc2C1.N#CC(c1ccccc1)N1CCc2sccc2C1.O=C(O)C(c1ccccc1)N1CCc2sccc2C1. The third kappa shape index (κ3) is 13.1. The van der Waals surface area contributed by atoms with Crippen LogP contribution in [0.25, 0.3) is 0 Å². The highest BCUT2D eigenvalue weighted by molar-refractivity contribution is 7.10. The molecule has 0 amide bonds. The lowest BCUT2D eigenvalue weighted by Crippen LogP contribution is -2.37. The van der Waals surface area contributed by atoms with Crippen LogP contribution in [0, 0.1) is 11.3 Å². The topological polar surface area (TPSA) is 70.8 Å². The molecule has 6 heterocycles. The lowest BCUT2D eigenvalue weighted by Gasteiger charge is -2.32. The lowest BCUT2D eigenvalue weighted by molar-refractivity contribution is -0.144. The first-order valence-corrected chi connectivity index (χ1v) is 24.3. The number of aliphatic carboxylic acids is 1. The maximum absolute atomic E-state index is 11.6. The zero-order valence-electron chi connectivity index (χ0n) is 36.6. The first kappa shape index (κ1) is 48.3. The van der Waals surface area contributed by atoms with Crippen LogP contribution in [-0.4, -0.2) is 45.4 Å². The maximum atomic E-state index is 11.6. The van der Waals surface area contributed by atoms with Gasteiger partial charge in [0.05, 0.1) is 6.07 Å². The molecule has 318 valence electrons. The largest absolute Gasteiger partial charge is 0.480 e. The smallest absolute Gasteiger partial charge is 0.325 e. The number of carboxylic acids is 1. The van der Waals surface area contributed by atoms with Crippen molar-refractivity contribution in [2.45, 2.75) is 105 Å². The predicted octanol–water partition coefficient (Wildman–Crippen LogP) is 13.2. The fourth-order valence-corrected chi connectivity index (χ4v) is 10.3. The van der Waals surface area contributed by atoms with E-state index >= 15 is 0 Å². The summed E-state index contributed by atoms with van der Waals surface area (Å²) >= 11 is 5.51. The van der Waals surface area contributed by atoms with E-state index in [1.54, 1.807) is 16.2 Å². The molecule has 0 aliphatic carbocycles. The molecule has 3 unspecified atom stereocenters. The van der Waals surface area contributed by atoms with Crippen molar-refractivity contribution in [2.24, 2.45) is 0 Å². The van der Waals surface area contributed by atoms with E-state index in [4.69, 9.17) is 0 Å².